The maximum absolute atomic E-state index is 12.4. The predicted octanol–water partition coefficient (Wildman–Crippen LogP) is 2.82. The lowest BCUT2D eigenvalue weighted by Gasteiger charge is -2.29. The topological polar surface area (TPSA) is 94.1 Å². The van der Waals surface area contributed by atoms with Crippen molar-refractivity contribution in [2.24, 2.45) is 5.92 Å². The number of carbonyl (C=O) groups excluding carboxylic acids is 1. The highest BCUT2D eigenvalue weighted by molar-refractivity contribution is 6.60. The molecule has 0 saturated heterocycles. The Hall–Kier alpha value is -0.963. The molecule has 25 heavy (non-hydrogen) atoms. The minimum absolute atomic E-state index is 0.186. The zero-order chi connectivity index (χ0) is 19.5. The van der Waals surface area contributed by atoms with Crippen molar-refractivity contribution in [1.29, 1.82) is 0 Å². The lowest BCUT2D eigenvalue weighted by Crippen LogP contribution is -2.46. The summed E-state index contributed by atoms with van der Waals surface area (Å²) >= 11 is 0. The summed E-state index contributed by atoms with van der Waals surface area (Å²) in [6, 6.07) is 0.571. The minimum atomic E-state index is -2.76. The lowest BCUT2D eigenvalue weighted by molar-refractivity contribution is -0.141. The largest absolute Gasteiger partial charge is 0.500 e. The summed E-state index contributed by atoms with van der Waals surface area (Å²) in [6.07, 6.45) is 0.881. The summed E-state index contributed by atoms with van der Waals surface area (Å²) in [4.78, 5) is 23.5. The van der Waals surface area contributed by atoms with Crippen LogP contribution in [0.1, 0.15) is 60.8 Å². The van der Waals surface area contributed by atoms with Gasteiger partial charge in [0, 0.05) is 37.3 Å². The molecule has 1 amide bonds. The monoisotopic (exact) mass is 377 g/mol. The van der Waals surface area contributed by atoms with Gasteiger partial charge in [0.15, 0.2) is 0 Å². The van der Waals surface area contributed by atoms with Crippen molar-refractivity contribution in [2.75, 3.05) is 19.8 Å². The molecule has 0 heterocycles. The minimum Gasteiger partial charge on any atom is -0.481 e. The van der Waals surface area contributed by atoms with Gasteiger partial charge >= 0.3 is 14.8 Å². The third-order valence-corrected chi connectivity index (χ3v) is 6.57. The Morgan fingerprint density at radius 1 is 1.04 bits per heavy atom. The van der Waals surface area contributed by atoms with Crippen LogP contribution in [-0.2, 0) is 22.9 Å². The van der Waals surface area contributed by atoms with E-state index in [-0.39, 0.29) is 12.3 Å². The Morgan fingerprint density at radius 2 is 1.52 bits per heavy atom. The van der Waals surface area contributed by atoms with E-state index >= 15 is 0 Å². The fourth-order valence-electron chi connectivity index (χ4n) is 2.57. The van der Waals surface area contributed by atoms with Gasteiger partial charge in [-0.1, -0.05) is 0 Å². The second kappa shape index (κ2) is 11.6. The van der Waals surface area contributed by atoms with E-state index in [2.05, 4.69) is 5.32 Å². The molecule has 1 atom stereocenters. The summed E-state index contributed by atoms with van der Waals surface area (Å²) in [5.74, 6) is -1.78. The van der Waals surface area contributed by atoms with Gasteiger partial charge in [0.1, 0.15) is 0 Å². The normalized spacial score (nSPS) is 13.5. The summed E-state index contributed by atoms with van der Waals surface area (Å²) in [6.45, 7) is 12.8. The number of amides is 1. The molecule has 0 bridgehead atoms. The smallest absolute Gasteiger partial charge is 0.481 e. The Kier molecular flexibility index (Phi) is 11.2. The van der Waals surface area contributed by atoms with E-state index in [1.807, 2.05) is 41.5 Å². The molecular weight excluding hydrogens is 342 g/mol. The standard InChI is InChI=1S/C17H35NO6Si/c1-7-22-25(23-8-2,24-9-3)12-10-11-14(13-15(19)20)16(21)18-17(4,5)6/h14H,7-13H2,1-6H3,(H,18,21)(H,19,20). The number of hydrogen-bond donors (Lipinski definition) is 2. The summed E-state index contributed by atoms with van der Waals surface area (Å²) in [7, 11) is -2.76. The Balaban J connectivity index is 4.89. The van der Waals surface area contributed by atoms with Crippen LogP contribution in [0.3, 0.4) is 0 Å². The van der Waals surface area contributed by atoms with Gasteiger partial charge in [-0.2, -0.15) is 0 Å². The molecule has 148 valence electrons. The third kappa shape index (κ3) is 10.6. The van der Waals surface area contributed by atoms with Crippen molar-refractivity contribution in [2.45, 2.75) is 72.4 Å². The molecule has 0 aromatic rings. The van der Waals surface area contributed by atoms with Gasteiger partial charge in [-0.15, -0.1) is 0 Å². The molecule has 0 aliphatic carbocycles. The zero-order valence-corrected chi connectivity index (χ0v) is 17.5. The van der Waals surface area contributed by atoms with Crippen LogP contribution in [0, 0.1) is 5.92 Å². The fraction of sp³-hybridized carbons (Fsp3) is 0.882. The number of hydrogen-bond acceptors (Lipinski definition) is 5. The average molecular weight is 378 g/mol. The number of rotatable bonds is 13. The molecule has 0 rings (SSSR count). The number of nitrogens with one attached hydrogen (secondary N) is 1. The van der Waals surface area contributed by atoms with E-state index in [4.69, 9.17) is 18.4 Å². The highest BCUT2D eigenvalue weighted by Crippen LogP contribution is 2.23. The molecule has 2 N–H and O–H groups in total. The van der Waals surface area contributed by atoms with Gasteiger partial charge in [0.05, 0.1) is 6.42 Å². The number of carbonyl (C=O) groups is 2. The fourth-order valence-corrected chi connectivity index (χ4v) is 5.21. The molecule has 8 heteroatoms. The quantitative estimate of drug-likeness (QED) is 0.479. The van der Waals surface area contributed by atoms with Crippen LogP contribution in [0.25, 0.3) is 0 Å². The van der Waals surface area contributed by atoms with E-state index < -0.39 is 26.2 Å². The first kappa shape index (κ1) is 24.0. The summed E-state index contributed by atoms with van der Waals surface area (Å²) in [5.41, 5.74) is -0.395. The molecule has 0 spiro atoms. The molecule has 7 nitrogen and oxygen atoms in total. The summed E-state index contributed by atoms with van der Waals surface area (Å²) in [5, 5.41) is 12.0. The van der Waals surface area contributed by atoms with E-state index in [1.54, 1.807) is 0 Å². The molecule has 0 aromatic heterocycles. The van der Waals surface area contributed by atoms with Crippen LogP contribution in [0.2, 0.25) is 6.04 Å². The van der Waals surface area contributed by atoms with Crippen molar-refractivity contribution < 1.29 is 28.0 Å². The Morgan fingerprint density at radius 3 is 1.88 bits per heavy atom. The maximum atomic E-state index is 12.4. The molecule has 0 aromatic carbocycles. The Bertz CT molecular complexity index is 393. The predicted molar refractivity (Wildman–Crippen MR) is 98.3 cm³/mol. The van der Waals surface area contributed by atoms with Crippen molar-refractivity contribution >= 4 is 20.7 Å². The first-order valence-electron chi connectivity index (χ1n) is 9.04. The van der Waals surface area contributed by atoms with Gasteiger partial charge in [0.2, 0.25) is 5.91 Å². The molecule has 0 radical (unpaired) electrons. The van der Waals surface area contributed by atoms with E-state index in [0.29, 0.717) is 38.7 Å². The van der Waals surface area contributed by atoms with Crippen molar-refractivity contribution in [3.05, 3.63) is 0 Å². The maximum Gasteiger partial charge on any atom is 0.500 e. The average Bonchev–Trinajstić information content (AvgIpc) is 2.44. The van der Waals surface area contributed by atoms with Crippen molar-refractivity contribution in [3.8, 4) is 0 Å². The van der Waals surface area contributed by atoms with Gasteiger partial charge < -0.3 is 23.7 Å². The SMILES string of the molecule is CCO[Si](CCCC(CC(=O)O)C(=O)NC(C)(C)C)(OCC)OCC. The molecule has 1 unspecified atom stereocenters. The van der Waals surface area contributed by atoms with Crippen LogP contribution in [-0.4, -0.2) is 51.1 Å². The van der Waals surface area contributed by atoms with Gasteiger partial charge in [-0.05, 0) is 54.4 Å². The molecule has 0 aliphatic heterocycles. The van der Waals surface area contributed by atoms with Crippen LogP contribution in [0.5, 0.6) is 0 Å². The van der Waals surface area contributed by atoms with E-state index in [9.17, 15) is 9.59 Å². The number of aliphatic carboxylic acids is 1. The lowest BCUT2D eigenvalue weighted by atomic mass is 9.97. The van der Waals surface area contributed by atoms with Gasteiger partial charge in [-0.3, -0.25) is 9.59 Å². The second-order valence-corrected chi connectivity index (χ2v) is 9.64. The Labute approximate surface area is 152 Å². The highest BCUT2D eigenvalue weighted by Gasteiger charge is 2.40. The highest BCUT2D eigenvalue weighted by atomic mass is 28.4. The van der Waals surface area contributed by atoms with Crippen LogP contribution in [0.15, 0.2) is 0 Å². The van der Waals surface area contributed by atoms with Crippen LogP contribution >= 0.6 is 0 Å². The van der Waals surface area contributed by atoms with Crippen LogP contribution < -0.4 is 5.32 Å². The van der Waals surface area contributed by atoms with Gasteiger partial charge in [0.25, 0.3) is 0 Å². The first-order chi connectivity index (χ1) is 11.6. The first-order valence-corrected chi connectivity index (χ1v) is 11.0. The van der Waals surface area contributed by atoms with Crippen molar-refractivity contribution in [3.63, 3.8) is 0 Å². The molecule has 0 saturated carbocycles. The molecular formula is C17H35NO6Si. The molecule has 0 aliphatic rings. The van der Waals surface area contributed by atoms with Crippen molar-refractivity contribution in [1.82, 2.24) is 5.32 Å². The zero-order valence-electron chi connectivity index (χ0n) is 16.5. The van der Waals surface area contributed by atoms with E-state index in [1.165, 1.54) is 0 Å². The third-order valence-electron chi connectivity index (χ3n) is 3.42. The number of carboxylic acids is 1. The second-order valence-electron chi connectivity index (χ2n) is 6.91. The van der Waals surface area contributed by atoms with Gasteiger partial charge in [-0.25, -0.2) is 0 Å². The number of carboxylic acid groups (broad SMARTS) is 1. The van der Waals surface area contributed by atoms with Crippen LogP contribution in [0.4, 0.5) is 0 Å². The molecule has 0 fully saturated rings. The summed E-state index contributed by atoms with van der Waals surface area (Å²) < 4.78 is 17.4. The van der Waals surface area contributed by atoms with E-state index in [0.717, 1.165) is 0 Å².